The van der Waals surface area contributed by atoms with Gasteiger partial charge in [-0.2, -0.15) is 0 Å². The van der Waals surface area contributed by atoms with Gasteiger partial charge in [0.1, 0.15) is 5.75 Å². The summed E-state index contributed by atoms with van der Waals surface area (Å²) in [6.45, 7) is 19.7. The van der Waals surface area contributed by atoms with E-state index in [0.29, 0.717) is 0 Å². The first-order chi connectivity index (χ1) is 26.7. The topological polar surface area (TPSA) is 46.0 Å². The van der Waals surface area contributed by atoms with Gasteiger partial charge in [0.05, 0.1) is 10.7 Å². The summed E-state index contributed by atoms with van der Waals surface area (Å²) in [5.74, 6) is 0.555. The SMILES string of the molecule is Cc1cccc(C)c1-c1cc(-c2[c-]c(Sc3ccccn3)cc(-c3ccc(C(C)c4ccccc4)cc3)c2)nc(-c2cc(C(C)(C)C)cc(C(C)(C)C)c2O)c1.[Pt]. The summed E-state index contributed by atoms with van der Waals surface area (Å²) in [6, 6.07) is 48.7. The number of aryl methyl sites for hydroxylation is 2. The van der Waals surface area contributed by atoms with Crippen molar-refractivity contribution in [3.05, 3.63) is 173 Å². The van der Waals surface area contributed by atoms with E-state index in [1.807, 2.05) is 24.4 Å². The number of benzene rings is 5. The van der Waals surface area contributed by atoms with E-state index in [-0.39, 0.29) is 43.6 Å². The van der Waals surface area contributed by atoms with E-state index in [1.54, 1.807) is 11.8 Å². The standard InChI is InChI=1S/C52H51N2OS.Pt/c1-33-16-15-17-34(2)49(33)41-29-46(54-47(30-41)44-31-42(51(4,5)6)32-45(50(44)55)52(7,8)9)40-26-39(27-43(28-40)56-48-20-13-14-25-53-48)38-23-21-37(22-24-38)35(3)36-18-11-10-12-19-36;/h10-27,29-32,35,55H,1-9H3;/q-1;. The van der Waals surface area contributed by atoms with Crippen molar-refractivity contribution in [2.45, 2.75) is 89.0 Å². The van der Waals surface area contributed by atoms with Crippen LogP contribution in [0.4, 0.5) is 0 Å². The molecule has 1 atom stereocenters. The van der Waals surface area contributed by atoms with Gasteiger partial charge in [-0.3, -0.25) is 4.98 Å². The van der Waals surface area contributed by atoms with Gasteiger partial charge in [-0.25, -0.2) is 4.98 Å². The number of aromatic hydroxyl groups is 1. The summed E-state index contributed by atoms with van der Waals surface area (Å²) in [4.78, 5) is 11.0. The van der Waals surface area contributed by atoms with Crippen LogP contribution in [0, 0.1) is 19.9 Å². The van der Waals surface area contributed by atoms with Gasteiger partial charge in [0.2, 0.25) is 0 Å². The molecule has 0 aliphatic carbocycles. The normalized spacial score (nSPS) is 12.2. The smallest absolute Gasteiger partial charge is 0.128 e. The fraction of sp³-hybridized carbons (Fsp3) is 0.231. The van der Waals surface area contributed by atoms with Crippen molar-refractivity contribution in [1.29, 1.82) is 0 Å². The second kappa shape index (κ2) is 17.0. The number of phenols is 1. The first kappa shape index (κ1) is 41.9. The Balaban J connectivity index is 0.00000549. The summed E-state index contributed by atoms with van der Waals surface area (Å²) < 4.78 is 0. The quantitative estimate of drug-likeness (QED) is 0.154. The summed E-state index contributed by atoms with van der Waals surface area (Å²) >= 11 is 1.59. The van der Waals surface area contributed by atoms with Gasteiger partial charge < -0.3 is 5.11 Å². The number of pyridine rings is 2. The summed E-state index contributed by atoms with van der Waals surface area (Å²) in [7, 11) is 0. The van der Waals surface area contributed by atoms with Gasteiger partial charge in [0.25, 0.3) is 0 Å². The third-order valence-corrected chi connectivity index (χ3v) is 11.6. The number of aromatic nitrogens is 2. The van der Waals surface area contributed by atoms with Gasteiger partial charge in [0, 0.05) is 44.3 Å². The minimum absolute atomic E-state index is 0. The van der Waals surface area contributed by atoms with Crippen LogP contribution in [-0.4, -0.2) is 15.1 Å². The van der Waals surface area contributed by atoms with Crippen molar-refractivity contribution in [1.82, 2.24) is 9.97 Å². The molecule has 0 saturated heterocycles. The molecule has 57 heavy (non-hydrogen) atoms. The van der Waals surface area contributed by atoms with Crippen LogP contribution in [0.1, 0.15) is 87.8 Å². The van der Waals surface area contributed by atoms with Gasteiger partial charge in [-0.1, -0.05) is 162 Å². The van der Waals surface area contributed by atoms with E-state index in [0.717, 1.165) is 60.3 Å². The number of hydrogen-bond acceptors (Lipinski definition) is 4. The minimum atomic E-state index is -0.277. The molecule has 0 saturated carbocycles. The van der Waals surface area contributed by atoms with E-state index in [4.69, 9.17) is 4.98 Å². The van der Waals surface area contributed by atoms with E-state index in [1.165, 1.54) is 27.8 Å². The van der Waals surface area contributed by atoms with Gasteiger partial charge in [-0.05, 0) is 99.1 Å². The molecule has 5 aromatic carbocycles. The van der Waals surface area contributed by atoms with Crippen LogP contribution >= 0.6 is 11.8 Å². The van der Waals surface area contributed by atoms with Crippen molar-refractivity contribution < 1.29 is 26.2 Å². The molecule has 2 heterocycles. The Hall–Kier alpha value is -4.76. The molecule has 0 spiro atoms. The van der Waals surface area contributed by atoms with Crippen molar-refractivity contribution >= 4 is 11.8 Å². The Bertz CT molecular complexity index is 2480. The molecule has 7 aromatic rings. The summed E-state index contributed by atoms with van der Waals surface area (Å²) in [5.41, 5.74) is 14.1. The van der Waals surface area contributed by atoms with Crippen LogP contribution in [0.3, 0.4) is 0 Å². The molecule has 0 bridgehead atoms. The molecule has 3 nitrogen and oxygen atoms in total. The van der Waals surface area contributed by atoms with E-state index < -0.39 is 0 Å². The van der Waals surface area contributed by atoms with Crippen molar-refractivity contribution in [3.8, 4) is 50.5 Å². The van der Waals surface area contributed by atoms with Crippen LogP contribution in [0.25, 0.3) is 44.8 Å². The maximum absolute atomic E-state index is 12.1. The second-order valence-electron chi connectivity index (χ2n) is 17.0. The Labute approximate surface area is 358 Å². The van der Waals surface area contributed by atoms with E-state index in [9.17, 15) is 5.11 Å². The molecular formula is C52H51N2OPtS-. The molecule has 7 rings (SSSR count). The zero-order valence-electron chi connectivity index (χ0n) is 34.3. The Morgan fingerprint density at radius 2 is 1.28 bits per heavy atom. The zero-order valence-corrected chi connectivity index (χ0v) is 37.4. The van der Waals surface area contributed by atoms with Gasteiger partial charge in [0.15, 0.2) is 0 Å². The van der Waals surface area contributed by atoms with E-state index >= 15 is 0 Å². The molecule has 5 heteroatoms. The number of phenolic OH excluding ortho intramolecular Hbond substituents is 1. The molecule has 0 fully saturated rings. The van der Waals surface area contributed by atoms with Crippen LogP contribution in [0.15, 0.2) is 144 Å². The van der Waals surface area contributed by atoms with Crippen LogP contribution in [0.5, 0.6) is 5.75 Å². The monoisotopic (exact) mass is 946 g/mol. The summed E-state index contributed by atoms with van der Waals surface area (Å²) in [6.07, 6.45) is 1.82. The maximum Gasteiger partial charge on any atom is 0.128 e. The minimum Gasteiger partial charge on any atom is -0.507 e. The van der Waals surface area contributed by atoms with Crippen molar-refractivity contribution in [3.63, 3.8) is 0 Å². The Kier molecular flexibility index (Phi) is 12.5. The Morgan fingerprint density at radius 1 is 0.632 bits per heavy atom. The molecule has 0 amide bonds. The predicted octanol–water partition coefficient (Wildman–Crippen LogP) is 14.2. The zero-order chi connectivity index (χ0) is 39.8. The fourth-order valence-electron chi connectivity index (χ4n) is 7.38. The first-order valence-corrected chi connectivity index (χ1v) is 20.3. The number of hydrogen-bond donors (Lipinski definition) is 1. The van der Waals surface area contributed by atoms with E-state index in [2.05, 4.69) is 183 Å². The van der Waals surface area contributed by atoms with Crippen LogP contribution in [0.2, 0.25) is 0 Å². The van der Waals surface area contributed by atoms with Crippen LogP contribution in [-0.2, 0) is 31.9 Å². The number of nitrogens with zero attached hydrogens (tertiary/aromatic N) is 2. The maximum atomic E-state index is 12.1. The molecule has 2 aromatic heterocycles. The third kappa shape index (κ3) is 9.35. The predicted molar refractivity (Wildman–Crippen MR) is 236 cm³/mol. The molecule has 1 N–H and O–H groups in total. The molecule has 0 aliphatic heterocycles. The van der Waals surface area contributed by atoms with Crippen LogP contribution < -0.4 is 0 Å². The number of rotatable bonds is 8. The van der Waals surface area contributed by atoms with Crippen molar-refractivity contribution in [2.24, 2.45) is 0 Å². The molecule has 0 radical (unpaired) electrons. The average molecular weight is 947 g/mol. The molecule has 292 valence electrons. The first-order valence-electron chi connectivity index (χ1n) is 19.4. The second-order valence-corrected chi connectivity index (χ2v) is 18.0. The molecular weight excluding hydrogens is 896 g/mol. The average Bonchev–Trinajstić information content (AvgIpc) is 3.17. The molecule has 0 aliphatic rings. The molecule has 1 unspecified atom stereocenters. The van der Waals surface area contributed by atoms with Gasteiger partial charge >= 0.3 is 0 Å². The Morgan fingerprint density at radius 3 is 1.91 bits per heavy atom. The largest absolute Gasteiger partial charge is 0.507 e. The van der Waals surface area contributed by atoms with Crippen molar-refractivity contribution in [2.75, 3.05) is 0 Å². The summed E-state index contributed by atoms with van der Waals surface area (Å²) in [5, 5.41) is 13.0. The third-order valence-electron chi connectivity index (χ3n) is 10.7. The van der Waals surface area contributed by atoms with Gasteiger partial charge in [-0.15, -0.1) is 23.8 Å². The fourth-order valence-corrected chi connectivity index (χ4v) is 8.21.